The Morgan fingerprint density at radius 3 is 2.69 bits per heavy atom. The smallest absolute Gasteiger partial charge is 0.412 e. The first-order valence-electron chi connectivity index (χ1n) is 9.65. The molecule has 4 rings (SSSR count). The predicted octanol–water partition coefficient (Wildman–Crippen LogP) is 2.25. The van der Waals surface area contributed by atoms with Gasteiger partial charge in [-0.05, 0) is 17.9 Å². The lowest BCUT2D eigenvalue weighted by molar-refractivity contribution is 0.00884. The van der Waals surface area contributed by atoms with Crippen molar-refractivity contribution < 1.29 is 27.4 Å². The van der Waals surface area contributed by atoms with E-state index >= 15 is 0 Å². The Labute approximate surface area is 169 Å². The molecule has 2 aromatic rings. The van der Waals surface area contributed by atoms with Gasteiger partial charge in [0.25, 0.3) is 0 Å². The van der Waals surface area contributed by atoms with Gasteiger partial charge < -0.3 is 14.2 Å². The molecular weight excluding hydrogens is 396 g/mol. The molecule has 0 saturated carbocycles. The lowest BCUT2D eigenvalue weighted by Gasteiger charge is -2.18. The Balaban J connectivity index is 1.38. The van der Waals surface area contributed by atoms with Crippen molar-refractivity contribution in [2.75, 3.05) is 24.3 Å². The molecule has 9 heteroatoms. The van der Waals surface area contributed by atoms with Gasteiger partial charge in [0, 0.05) is 5.39 Å². The van der Waals surface area contributed by atoms with E-state index < -0.39 is 40.5 Å². The van der Waals surface area contributed by atoms with Gasteiger partial charge in [-0.15, -0.1) is 0 Å². The lowest BCUT2D eigenvalue weighted by Crippen LogP contribution is -2.45. The van der Waals surface area contributed by atoms with Gasteiger partial charge in [-0.3, -0.25) is 5.32 Å². The van der Waals surface area contributed by atoms with Crippen molar-refractivity contribution in [3.05, 3.63) is 42.5 Å². The second kappa shape index (κ2) is 8.27. The standard InChI is InChI=1S/C20H24N2O6S/c1-2-10-29(24,25)22-16-11-26-19-17(12-27-18(16)19)28-20(23)21-15-9-5-7-13-6-3-4-8-14(13)15/h3-9,16-19,22H,2,10-12H2,1H3,(H,21,23)/t16-,17+,18+,19+/m0/s1. The fraction of sp³-hybridized carbons (Fsp3) is 0.450. The lowest BCUT2D eigenvalue weighted by atomic mass is 10.1. The van der Waals surface area contributed by atoms with E-state index in [1.807, 2.05) is 42.5 Å². The summed E-state index contributed by atoms with van der Waals surface area (Å²) >= 11 is 0. The summed E-state index contributed by atoms with van der Waals surface area (Å²) in [6.07, 6.45) is -1.65. The average Bonchev–Trinajstić information content (AvgIpc) is 3.25. The number of sulfonamides is 1. The highest BCUT2D eigenvalue weighted by atomic mass is 32.2. The summed E-state index contributed by atoms with van der Waals surface area (Å²) in [5, 5.41) is 4.70. The van der Waals surface area contributed by atoms with Gasteiger partial charge in [0.05, 0.1) is 30.7 Å². The largest absolute Gasteiger partial charge is 0.441 e. The molecule has 0 unspecified atom stereocenters. The zero-order valence-electron chi connectivity index (χ0n) is 16.0. The highest BCUT2D eigenvalue weighted by molar-refractivity contribution is 7.89. The van der Waals surface area contributed by atoms with Gasteiger partial charge in [0.2, 0.25) is 10.0 Å². The minimum absolute atomic E-state index is 0.0499. The molecule has 8 nitrogen and oxygen atoms in total. The van der Waals surface area contributed by atoms with Crippen LogP contribution in [-0.4, -0.2) is 57.8 Å². The molecule has 2 heterocycles. The van der Waals surface area contributed by atoms with E-state index in [9.17, 15) is 13.2 Å². The Bertz CT molecular complexity index is 990. The van der Waals surface area contributed by atoms with Crippen LogP contribution in [0.25, 0.3) is 10.8 Å². The van der Waals surface area contributed by atoms with E-state index in [0.717, 1.165) is 10.8 Å². The van der Waals surface area contributed by atoms with Crippen LogP contribution in [0.1, 0.15) is 13.3 Å². The topological polar surface area (TPSA) is 103 Å². The molecule has 0 radical (unpaired) electrons. The second-order valence-electron chi connectivity index (χ2n) is 7.23. The van der Waals surface area contributed by atoms with E-state index in [1.165, 1.54) is 0 Å². The molecule has 0 aliphatic carbocycles. The Morgan fingerprint density at radius 1 is 1.10 bits per heavy atom. The second-order valence-corrected chi connectivity index (χ2v) is 9.11. The van der Waals surface area contributed by atoms with E-state index in [2.05, 4.69) is 10.0 Å². The van der Waals surface area contributed by atoms with E-state index in [4.69, 9.17) is 14.2 Å². The Hall–Kier alpha value is -2.20. The van der Waals surface area contributed by atoms with Crippen LogP contribution < -0.4 is 10.0 Å². The van der Waals surface area contributed by atoms with Crippen molar-refractivity contribution in [1.29, 1.82) is 0 Å². The van der Waals surface area contributed by atoms with Crippen LogP contribution in [0.4, 0.5) is 10.5 Å². The normalized spacial score (nSPS) is 26.4. The van der Waals surface area contributed by atoms with Crippen molar-refractivity contribution in [1.82, 2.24) is 4.72 Å². The highest BCUT2D eigenvalue weighted by Gasteiger charge is 2.50. The van der Waals surface area contributed by atoms with Crippen LogP contribution >= 0.6 is 0 Å². The summed E-state index contributed by atoms with van der Waals surface area (Å²) < 4.78 is 43.6. The molecule has 2 aliphatic heterocycles. The van der Waals surface area contributed by atoms with Crippen molar-refractivity contribution in [3.63, 3.8) is 0 Å². The van der Waals surface area contributed by atoms with E-state index in [1.54, 1.807) is 6.92 Å². The number of hydrogen-bond donors (Lipinski definition) is 2. The van der Waals surface area contributed by atoms with Crippen LogP contribution in [0.2, 0.25) is 0 Å². The van der Waals surface area contributed by atoms with Crippen LogP contribution in [0.5, 0.6) is 0 Å². The number of ether oxygens (including phenoxy) is 3. The maximum atomic E-state index is 12.4. The summed E-state index contributed by atoms with van der Waals surface area (Å²) in [7, 11) is -3.39. The molecule has 2 fully saturated rings. The van der Waals surface area contributed by atoms with Crippen molar-refractivity contribution in [3.8, 4) is 0 Å². The minimum atomic E-state index is -3.39. The molecular formula is C20H24N2O6S. The molecule has 2 aliphatic rings. The molecule has 0 aromatic heterocycles. The fourth-order valence-corrected chi connectivity index (χ4v) is 5.15. The maximum absolute atomic E-state index is 12.4. The summed E-state index contributed by atoms with van der Waals surface area (Å²) in [5.41, 5.74) is 0.654. The Morgan fingerprint density at radius 2 is 1.86 bits per heavy atom. The molecule has 2 saturated heterocycles. The number of hydrogen-bond acceptors (Lipinski definition) is 6. The molecule has 0 spiro atoms. The number of carbonyl (C=O) groups is 1. The fourth-order valence-electron chi connectivity index (χ4n) is 3.84. The van der Waals surface area contributed by atoms with Gasteiger partial charge in [0.1, 0.15) is 12.2 Å². The van der Waals surface area contributed by atoms with Crippen LogP contribution in [-0.2, 0) is 24.2 Å². The summed E-state index contributed by atoms with van der Waals surface area (Å²) in [6.45, 7) is 2.14. The van der Waals surface area contributed by atoms with Crippen LogP contribution in [0.3, 0.4) is 0 Å². The maximum Gasteiger partial charge on any atom is 0.412 e. The zero-order valence-corrected chi connectivity index (χ0v) is 16.9. The van der Waals surface area contributed by atoms with Gasteiger partial charge >= 0.3 is 6.09 Å². The monoisotopic (exact) mass is 420 g/mol. The van der Waals surface area contributed by atoms with E-state index in [0.29, 0.717) is 12.1 Å². The quantitative estimate of drug-likeness (QED) is 0.743. The SMILES string of the molecule is CCCS(=O)(=O)N[C@H]1CO[C@H]2[C@@H]1OC[C@H]2OC(=O)Nc1cccc2ccccc12. The third-order valence-corrected chi connectivity index (χ3v) is 6.70. The number of carbonyl (C=O) groups excluding carboxylic acids is 1. The van der Waals surface area contributed by atoms with Crippen molar-refractivity contribution in [2.24, 2.45) is 0 Å². The third-order valence-electron chi connectivity index (χ3n) is 5.10. The average molecular weight is 420 g/mol. The first kappa shape index (κ1) is 20.1. The summed E-state index contributed by atoms with van der Waals surface area (Å²) in [5.74, 6) is 0.0499. The zero-order chi connectivity index (χ0) is 20.4. The van der Waals surface area contributed by atoms with E-state index in [-0.39, 0.29) is 19.0 Å². The van der Waals surface area contributed by atoms with Gasteiger partial charge in [-0.25, -0.2) is 17.9 Å². The van der Waals surface area contributed by atoms with Crippen LogP contribution in [0.15, 0.2) is 42.5 Å². The molecule has 2 N–H and O–H groups in total. The number of benzene rings is 2. The van der Waals surface area contributed by atoms with Gasteiger partial charge in [-0.2, -0.15) is 0 Å². The first-order chi connectivity index (χ1) is 14.0. The number of rotatable bonds is 6. The summed E-state index contributed by atoms with van der Waals surface area (Å²) in [6, 6.07) is 12.9. The molecule has 1 amide bonds. The van der Waals surface area contributed by atoms with Crippen molar-refractivity contribution in [2.45, 2.75) is 37.7 Å². The number of fused-ring (bicyclic) bond motifs is 2. The first-order valence-corrected chi connectivity index (χ1v) is 11.3. The number of nitrogens with one attached hydrogen (secondary N) is 2. The van der Waals surface area contributed by atoms with Crippen LogP contribution in [0, 0.1) is 0 Å². The molecule has 0 bridgehead atoms. The molecule has 4 atom stereocenters. The Kier molecular flexibility index (Phi) is 5.73. The minimum Gasteiger partial charge on any atom is -0.441 e. The van der Waals surface area contributed by atoms with Crippen molar-refractivity contribution >= 4 is 32.6 Å². The number of amides is 1. The van der Waals surface area contributed by atoms with Gasteiger partial charge in [0.15, 0.2) is 6.10 Å². The molecule has 156 valence electrons. The van der Waals surface area contributed by atoms with Gasteiger partial charge in [-0.1, -0.05) is 43.3 Å². The highest BCUT2D eigenvalue weighted by Crippen LogP contribution is 2.30. The molecule has 29 heavy (non-hydrogen) atoms. The third kappa shape index (κ3) is 4.37. The summed E-state index contributed by atoms with van der Waals surface area (Å²) in [4.78, 5) is 12.4. The predicted molar refractivity (Wildman–Crippen MR) is 108 cm³/mol. The number of anilines is 1. The molecule has 2 aromatic carbocycles.